The lowest BCUT2D eigenvalue weighted by Gasteiger charge is -2.08. The van der Waals surface area contributed by atoms with E-state index < -0.39 is 0 Å². The standard InChI is InChI=1S/C12H16N2/c1-3-4-5-11-7-6-10(9-13)8-12(11)14-2/h6-8,14H,3-5H2,1-2H3. The van der Waals surface area contributed by atoms with E-state index in [0.717, 1.165) is 17.7 Å². The molecule has 0 amide bonds. The Labute approximate surface area is 85.6 Å². The maximum Gasteiger partial charge on any atom is 0.0992 e. The smallest absolute Gasteiger partial charge is 0.0992 e. The van der Waals surface area contributed by atoms with Crippen molar-refractivity contribution in [1.82, 2.24) is 0 Å². The van der Waals surface area contributed by atoms with Gasteiger partial charge in [-0.15, -0.1) is 0 Å². The molecule has 1 aromatic rings. The second-order valence-electron chi connectivity index (χ2n) is 3.34. The minimum atomic E-state index is 0.717. The molecule has 0 saturated heterocycles. The van der Waals surface area contributed by atoms with Gasteiger partial charge in [-0.3, -0.25) is 0 Å². The third kappa shape index (κ3) is 2.50. The predicted molar refractivity (Wildman–Crippen MR) is 59.3 cm³/mol. The van der Waals surface area contributed by atoms with Crippen molar-refractivity contribution < 1.29 is 0 Å². The molecular formula is C12H16N2. The average molecular weight is 188 g/mol. The van der Waals surface area contributed by atoms with E-state index in [1.807, 2.05) is 25.2 Å². The van der Waals surface area contributed by atoms with E-state index in [1.165, 1.54) is 18.4 Å². The van der Waals surface area contributed by atoms with E-state index in [2.05, 4.69) is 18.3 Å². The number of hydrogen-bond acceptors (Lipinski definition) is 2. The lowest BCUT2D eigenvalue weighted by molar-refractivity contribution is 0.796. The number of unbranched alkanes of at least 4 members (excludes halogenated alkanes) is 1. The highest BCUT2D eigenvalue weighted by molar-refractivity contribution is 5.55. The highest BCUT2D eigenvalue weighted by Gasteiger charge is 2.01. The number of aryl methyl sites for hydroxylation is 1. The number of rotatable bonds is 4. The van der Waals surface area contributed by atoms with E-state index in [1.54, 1.807) is 0 Å². The van der Waals surface area contributed by atoms with Gasteiger partial charge in [-0.1, -0.05) is 19.4 Å². The summed E-state index contributed by atoms with van der Waals surface area (Å²) in [7, 11) is 1.89. The first-order valence-electron chi connectivity index (χ1n) is 5.02. The minimum Gasteiger partial charge on any atom is -0.388 e. The Morgan fingerprint density at radius 1 is 1.43 bits per heavy atom. The van der Waals surface area contributed by atoms with E-state index in [9.17, 15) is 0 Å². The van der Waals surface area contributed by atoms with Crippen LogP contribution in [-0.4, -0.2) is 7.05 Å². The zero-order valence-corrected chi connectivity index (χ0v) is 8.80. The number of benzene rings is 1. The molecule has 0 radical (unpaired) electrons. The van der Waals surface area contributed by atoms with Gasteiger partial charge in [0, 0.05) is 12.7 Å². The van der Waals surface area contributed by atoms with Crippen LogP contribution < -0.4 is 5.32 Å². The van der Waals surface area contributed by atoms with Gasteiger partial charge in [0.15, 0.2) is 0 Å². The summed E-state index contributed by atoms with van der Waals surface area (Å²) >= 11 is 0. The van der Waals surface area contributed by atoms with Crippen molar-refractivity contribution in [2.75, 3.05) is 12.4 Å². The molecule has 2 heteroatoms. The number of hydrogen-bond donors (Lipinski definition) is 1. The summed E-state index contributed by atoms with van der Waals surface area (Å²) in [6.45, 7) is 2.18. The van der Waals surface area contributed by atoms with Gasteiger partial charge in [-0.25, -0.2) is 0 Å². The van der Waals surface area contributed by atoms with Crippen LogP contribution in [0.2, 0.25) is 0 Å². The number of nitrogens with zero attached hydrogens (tertiary/aromatic N) is 1. The highest BCUT2D eigenvalue weighted by Crippen LogP contribution is 2.19. The Balaban J connectivity index is 2.89. The zero-order chi connectivity index (χ0) is 10.4. The van der Waals surface area contributed by atoms with Crippen LogP contribution in [0.25, 0.3) is 0 Å². The molecule has 0 saturated carbocycles. The van der Waals surface area contributed by atoms with E-state index >= 15 is 0 Å². The fraction of sp³-hybridized carbons (Fsp3) is 0.417. The third-order valence-corrected chi connectivity index (χ3v) is 2.31. The Kier molecular flexibility index (Phi) is 4.00. The monoisotopic (exact) mass is 188 g/mol. The molecule has 2 nitrogen and oxygen atoms in total. The summed E-state index contributed by atoms with van der Waals surface area (Å²) in [6.07, 6.45) is 3.47. The van der Waals surface area contributed by atoms with E-state index in [-0.39, 0.29) is 0 Å². The first kappa shape index (κ1) is 10.6. The molecule has 1 rings (SSSR count). The fourth-order valence-corrected chi connectivity index (χ4v) is 1.46. The fourth-order valence-electron chi connectivity index (χ4n) is 1.46. The van der Waals surface area contributed by atoms with Gasteiger partial charge < -0.3 is 5.32 Å². The van der Waals surface area contributed by atoms with Crippen LogP contribution in [0.5, 0.6) is 0 Å². The summed E-state index contributed by atoms with van der Waals surface area (Å²) < 4.78 is 0. The van der Waals surface area contributed by atoms with Gasteiger partial charge in [0.05, 0.1) is 11.6 Å². The number of anilines is 1. The Bertz CT molecular complexity index is 337. The molecule has 0 unspecified atom stereocenters. The molecule has 0 spiro atoms. The molecule has 0 bridgehead atoms. The molecule has 1 aromatic carbocycles. The molecule has 0 aliphatic rings. The van der Waals surface area contributed by atoms with Crippen molar-refractivity contribution in [2.24, 2.45) is 0 Å². The van der Waals surface area contributed by atoms with Crippen molar-refractivity contribution in [3.05, 3.63) is 29.3 Å². The van der Waals surface area contributed by atoms with Crippen LogP contribution in [0.4, 0.5) is 5.69 Å². The molecule has 0 atom stereocenters. The molecule has 0 aliphatic carbocycles. The summed E-state index contributed by atoms with van der Waals surface area (Å²) in [5.74, 6) is 0. The quantitative estimate of drug-likeness (QED) is 0.788. The van der Waals surface area contributed by atoms with Crippen molar-refractivity contribution in [3.63, 3.8) is 0 Å². The van der Waals surface area contributed by atoms with Gasteiger partial charge in [-0.2, -0.15) is 5.26 Å². The minimum absolute atomic E-state index is 0.717. The third-order valence-electron chi connectivity index (χ3n) is 2.31. The second kappa shape index (κ2) is 5.29. The summed E-state index contributed by atoms with van der Waals surface area (Å²) in [6, 6.07) is 7.98. The lowest BCUT2D eigenvalue weighted by Crippen LogP contribution is -1.96. The number of nitrogens with one attached hydrogen (secondary N) is 1. The van der Waals surface area contributed by atoms with Crippen LogP contribution >= 0.6 is 0 Å². The topological polar surface area (TPSA) is 35.8 Å². The van der Waals surface area contributed by atoms with Crippen molar-refractivity contribution >= 4 is 5.69 Å². The molecule has 0 aromatic heterocycles. The van der Waals surface area contributed by atoms with Crippen molar-refractivity contribution in [1.29, 1.82) is 5.26 Å². The Morgan fingerprint density at radius 2 is 2.21 bits per heavy atom. The molecule has 1 N–H and O–H groups in total. The molecule has 74 valence electrons. The Morgan fingerprint density at radius 3 is 2.79 bits per heavy atom. The zero-order valence-electron chi connectivity index (χ0n) is 8.80. The molecule has 0 aliphatic heterocycles. The summed E-state index contributed by atoms with van der Waals surface area (Å²) in [5, 5.41) is 11.9. The van der Waals surface area contributed by atoms with Crippen molar-refractivity contribution in [3.8, 4) is 6.07 Å². The lowest BCUT2D eigenvalue weighted by atomic mass is 10.0. The molecule has 14 heavy (non-hydrogen) atoms. The van der Waals surface area contributed by atoms with Crippen LogP contribution in [0.1, 0.15) is 30.9 Å². The van der Waals surface area contributed by atoms with Gasteiger partial charge in [-0.05, 0) is 30.5 Å². The first-order valence-corrected chi connectivity index (χ1v) is 5.02. The van der Waals surface area contributed by atoms with Gasteiger partial charge in [0.1, 0.15) is 0 Å². The first-order chi connectivity index (χ1) is 6.81. The Hall–Kier alpha value is -1.49. The molecule has 0 fully saturated rings. The molecule has 0 heterocycles. The van der Waals surface area contributed by atoms with Crippen LogP contribution in [-0.2, 0) is 6.42 Å². The van der Waals surface area contributed by atoms with Crippen LogP contribution in [0.3, 0.4) is 0 Å². The largest absolute Gasteiger partial charge is 0.388 e. The second-order valence-corrected chi connectivity index (χ2v) is 3.34. The average Bonchev–Trinajstić information content (AvgIpc) is 2.26. The maximum absolute atomic E-state index is 8.75. The number of nitriles is 1. The van der Waals surface area contributed by atoms with Gasteiger partial charge >= 0.3 is 0 Å². The van der Waals surface area contributed by atoms with Crippen LogP contribution in [0.15, 0.2) is 18.2 Å². The van der Waals surface area contributed by atoms with E-state index in [4.69, 9.17) is 5.26 Å². The van der Waals surface area contributed by atoms with Crippen molar-refractivity contribution in [2.45, 2.75) is 26.2 Å². The normalized spacial score (nSPS) is 9.50. The van der Waals surface area contributed by atoms with Crippen LogP contribution in [0, 0.1) is 11.3 Å². The maximum atomic E-state index is 8.75. The summed E-state index contributed by atoms with van der Waals surface area (Å²) in [5.41, 5.74) is 3.10. The van der Waals surface area contributed by atoms with Gasteiger partial charge in [0.25, 0.3) is 0 Å². The predicted octanol–water partition coefficient (Wildman–Crippen LogP) is 2.94. The molecular weight excluding hydrogens is 172 g/mol. The van der Waals surface area contributed by atoms with Gasteiger partial charge in [0.2, 0.25) is 0 Å². The SMILES string of the molecule is CCCCc1ccc(C#N)cc1NC. The van der Waals surface area contributed by atoms with E-state index in [0.29, 0.717) is 0 Å². The highest BCUT2D eigenvalue weighted by atomic mass is 14.8. The summed E-state index contributed by atoms with van der Waals surface area (Å²) in [4.78, 5) is 0.